The fourth-order valence-corrected chi connectivity index (χ4v) is 8.39. The maximum Gasteiger partial charge on any atom is 0.145 e. The van der Waals surface area contributed by atoms with Crippen LogP contribution in [-0.2, 0) is 6.42 Å². The van der Waals surface area contributed by atoms with Gasteiger partial charge >= 0.3 is 0 Å². The van der Waals surface area contributed by atoms with Gasteiger partial charge in [0.05, 0.1) is 16.4 Å². The maximum absolute atomic E-state index is 6.57. The highest BCUT2D eigenvalue weighted by atomic mass is 16.3. The van der Waals surface area contributed by atoms with Crippen LogP contribution in [0.3, 0.4) is 0 Å². The molecule has 0 saturated carbocycles. The average molecular weight is 665 g/mol. The molecule has 11 rings (SSSR count). The van der Waals surface area contributed by atoms with Crippen LogP contribution in [-0.4, -0.2) is 4.57 Å². The third-order valence-corrected chi connectivity index (χ3v) is 10.8. The molecule has 0 aliphatic carbocycles. The van der Waals surface area contributed by atoms with Crippen molar-refractivity contribution in [1.29, 1.82) is 0 Å². The summed E-state index contributed by atoms with van der Waals surface area (Å²) in [5.74, 6) is 0. The number of nitrogens with zero attached hydrogens (tertiary/aromatic N) is 2. The molecule has 0 saturated heterocycles. The molecule has 244 valence electrons. The first-order valence-corrected chi connectivity index (χ1v) is 17.9. The highest BCUT2D eigenvalue weighted by molar-refractivity contribution is 6.25. The Labute approximate surface area is 301 Å². The summed E-state index contributed by atoms with van der Waals surface area (Å²) in [5, 5.41) is 4.80. The van der Waals surface area contributed by atoms with E-state index in [4.69, 9.17) is 4.42 Å². The molecule has 8 aromatic carbocycles. The normalized spacial score (nSPS) is 12.2. The molecule has 0 N–H and O–H groups in total. The molecule has 10 aromatic rings. The second kappa shape index (κ2) is 11.3. The SMILES string of the molecule is c1ccc(-c2ccc(N(c3ccccc3)c3ccc(-c4ccc5c(c4)Cc4cc6c7ccccc7oc6c6c7ccccc7n-5c46)cc3)cc2)cc1. The first-order valence-electron chi connectivity index (χ1n) is 17.9. The van der Waals surface area contributed by atoms with Gasteiger partial charge in [0.1, 0.15) is 11.2 Å². The van der Waals surface area contributed by atoms with Gasteiger partial charge < -0.3 is 13.9 Å². The Hall–Kier alpha value is -6.84. The van der Waals surface area contributed by atoms with E-state index < -0.39 is 0 Å². The number of para-hydroxylation sites is 3. The van der Waals surface area contributed by atoms with Crippen molar-refractivity contribution >= 4 is 60.8 Å². The molecule has 0 unspecified atom stereocenters. The van der Waals surface area contributed by atoms with Crippen molar-refractivity contribution in [2.75, 3.05) is 4.90 Å². The zero-order valence-electron chi connectivity index (χ0n) is 28.3. The van der Waals surface area contributed by atoms with E-state index >= 15 is 0 Å². The van der Waals surface area contributed by atoms with Crippen LogP contribution in [0, 0.1) is 0 Å². The molecule has 0 spiro atoms. The molecule has 0 bridgehead atoms. The van der Waals surface area contributed by atoms with Gasteiger partial charge in [-0.1, -0.05) is 115 Å². The Bertz CT molecular complexity index is 2950. The first-order chi connectivity index (χ1) is 25.8. The van der Waals surface area contributed by atoms with E-state index in [0.29, 0.717) is 0 Å². The summed E-state index contributed by atoms with van der Waals surface area (Å²) in [5.41, 5.74) is 16.5. The monoisotopic (exact) mass is 664 g/mol. The molecule has 1 aliphatic rings. The second-order valence-corrected chi connectivity index (χ2v) is 13.7. The van der Waals surface area contributed by atoms with Crippen molar-refractivity contribution < 1.29 is 4.42 Å². The Kier molecular flexibility index (Phi) is 6.31. The number of benzene rings is 8. The molecule has 3 heterocycles. The van der Waals surface area contributed by atoms with E-state index in [2.05, 4.69) is 191 Å². The third-order valence-electron chi connectivity index (χ3n) is 10.8. The predicted molar refractivity (Wildman–Crippen MR) is 216 cm³/mol. The van der Waals surface area contributed by atoms with E-state index in [1.165, 1.54) is 71.6 Å². The molecule has 3 nitrogen and oxygen atoms in total. The van der Waals surface area contributed by atoms with Crippen molar-refractivity contribution in [1.82, 2.24) is 4.57 Å². The van der Waals surface area contributed by atoms with Gasteiger partial charge in [-0.3, -0.25) is 0 Å². The van der Waals surface area contributed by atoms with Gasteiger partial charge in [0.2, 0.25) is 0 Å². The Morgan fingerprint density at radius 1 is 0.442 bits per heavy atom. The summed E-state index contributed by atoms with van der Waals surface area (Å²) in [4.78, 5) is 2.32. The number of rotatable bonds is 5. The van der Waals surface area contributed by atoms with Crippen LogP contribution in [0.4, 0.5) is 17.1 Å². The summed E-state index contributed by atoms with van der Waals surface area (Å²) >= 11 is 0. The molecule has 1 aliphatic heterocycles. The van der Waals surface area contributed by atoms with Crippen LogP contribution in [0.25, 0.3) is 71.7 Å². The van der Waals surface area contributed by atoms with Crippen LogP contribution < -0.4 is 4.90 Å². The average Bonchev–Trinajstić information content (AvgIpc) is 3.76. The van der Waals surface area contributed by atoms with E-state index in [1.807, 2.05) is 0 Å². The number of furan rings is 1. The van der Waals surface area contributed by atoms with Gasteiger partial charge in [0.25, 0.3) is 0 Å². The predicted octanol–water partition coefficient (Wildman–Crippen LogP) is 13.4. The fraction of sp³-hybridized carbons (Fsp3) is 0.0204. The highest BCUT2D eigenvalue weighted by Crippen LogP contribution is 2.46. The lowest BCUT2D eigenvalue weighted by molar-refractivity contribution is 0.673. The number of aromatic nitrogens is 1. The molecule has 0 amide bonds. The standard InChI is InChI=1S/C49H32N2O/c1-3-11-32(12-4-1)33-19-24-39(25-20-33)50(38-13-5-2-6-14-38)40-26-21-34(22-27-40)35-23-28-44-36(29-35)30-37-31-43-41-15-8-10-18-46(41)52-49(43)47-42-16-7-9-17-45(42)51(44)48(37)47/h1-29,31H,30H2. The number of anilines is 3. The maximum atomic E-state index is 6.57. The van der Waals surface area contributed by atoms with Crippen LogP contribution in [0.5, 0.6) is 0 Å². The molecule has 0 fully saturated rings. The van der Waals surface area contributed by atoms with Crippen LogP contribution in [0.1, 0.15) is 11.1 Å². The van der Waals surface area contributed by atoms with E-state index in [0.717, 1.165) is 34.6 Å². The van der Waals surface area contributed by atoms with Gasteiger partial charge in [-0.05, 0) is 100 Å². The molecular weight excluding hydrogens is 633 g/mol. The molecule has 0 atom stereocenters. The minimum atomic E-state index is 0.865. The lowest BCUT2D eigenvalue weighted by Crippen LogP contribution is -2.09. The van der Waals surface area contributed by atoms with Gasteiger partial charge in [0.15, 0.2) is 0 Å². The summed E-state index contributed by atoms with van der Waals surface area (Å²) in [7, 11) is 0. The van der Waals surface area contributed by atoms with Gasteiger partial charge in [-0.2, -0.15) is 0 Å². The third kappa shape index (κ3) is 4.39. The van der Waals surface area contributed by atoms with E-state index in [1.54, 1.807) is 0 Å². The van der Waals surface area contributed by atoms with Crippen LogP contribution in [0.15, 0.2) is 186 Å². The number of fused-ring (bicyclic) bond motifs is 9. The second-order valence-electron chi connectivity index (χ2n) is 13.7. The van der Waals surface area contributed by atoms with Crippen molar-refractivity contribution in [3.8, 4) is 27.9 Å². The lowest BCUT2D eigenvalue weighted by Gasteiger charge is -2.26. The summed E-state index contributed by atoms with van der Waals surface area (Å²) in [6, 6.07) is 65.5. The summed E-state index contributed by atoms with van der Waals surface area (Å²) in [6.07, 6.45) is 0.865. The molecule has 52 heavy (non-hydrogen) atoms. The smallest absolute Gasteiger partial charge is 0.145 e. The van der Waals surface area contributed by atoms with Crippen molar-refractivity contribution in [3.63, 3.8) is 0 Å². The summed E-state index contributed by atoms with van der Waals surface area (Å²) in [6.45, 7) is 0. The minimum Gasteiger partial charge on any atom is -0.455 e. The van der Waals surface area contributed by atoms with Crippen LogP contribution >= 0.6 is 0 Å². The Morgan fingerprint density at radius 2 is 1.02 bits per heavy atom. The number of hydrogen-bond donors (Lipinski definition) is 0. The zero-order valence-corrected chi connectivity index (χ0v) is 28.3. The lowest BCUT2D eigenvalue weighted by atomic mass is 9.93. The summed E-state index contributed by atoms with van der Waals surface area (Å²) < 4.78 is 9.02. The van der Waals surface area contributed by atoms with E-state index in [-0.39, 0.29) is 0 Å². The fourth-order valence-electron chi connectivity index (χ4n) is 8.39. The topological polar surface area (TPSA) is 21.3 Å². The molecule has 3 heteroatoms. The largest absolute Gasteiger partial charge is 0.455 e. The first kappa shape index (κ1) is 28.9. The van der Waals surface area contributed by atoms with Crippen molar-refractivity contribution in [2.24, 2.45) is 0 Å². The van der Waals surface area contributed by atoms with Crippen molar-refractivity contribution in [2.45, 2.75) is 6.42 Å². The molecule has 0 radical (unpaired) electrons. The van der Waals surface area contributed by atoms with Gasteiger partial charge in [0, 0.05) is 45.3 Å². The molecular formula is C49H32N2O. The van der Waals surface area contributed by atoms with E-state index in [9.17, 15) is 0 Å². The number of hydrogen-bond acceptors (Lipinski definition) is 2. The van der Waals surface area contributed by atoms with Crippen molar-refractivity contribution in [3.05, 3.63) is 193 Å². The van der Waals surface area contributed by atoms with Gasteiger partial charge in [-0.25, -0.2) is 0 Å². The minimum absolute atomic E-state index is 0.865. The zero-order chi connectivity index (χ0) is 34.2. The highest BCUT2D eigenvalue weighted by Gasteiger charge is 2.26. The Morgan fingerprint density at radius 3 is 1.77 bits per heavy atom. The van der Waals surface area contributed by atoms with Crippen LogP contribution in [0.2, 0.25) is 0 Å². The quantitative estimate of drug-likeness (QED) is 0.183. The molecule has 2 aromatic heterocycles. The van der Waals surface area contributed by atoms with Gasteiger partial charge in [-0.15, -0.1) is 0 Å². The Balaban J connectivity index is 0.996.